The van der Waals surface area contributed by atoms with Gasteiger partial charge in [0.2, 0.25) is 5.91 Å². The molecule has 1 aromatic heterocycles. The van der Waals surface area contributed by atoms with Gasteiger partial charge >= 0.3 is 0 Å². The molecular weight excluding hydrogens is 452 g/mol. The fourth-order valence-electron chi connectivity index (χ4n) is 4.06. The molecule has 4 rings (SSSR count). The van der Waals surface area contributed by atoms with E-state index in [0.717, 1.165) is 43.3 Å². The first-order valence-corrected chi connectivity index (χ1v) is 12.5. The monoisotopic (exact) mass is 482 g/mol. The Balaban J connectivity index is 1.36. The number of piperazine rings is 1. The normalized spacial score (nSPS) is 15.0. The summed E-state index contributed by atoms with van der Waals surface area (Å²) in [5.41, 5.74) is 3.36. The molecule has 1 amide bonds. The van der Waals surface area contributed by atoms with Crippen molar-refractivity contribution in [3.63, 3.8) is 0 Å². The molecule has 2 aromatic carbocycles. The predicted molar refractivity (Wildman–Crippen MR) is 139 cm³/mol. The number of hydrogen-bond donors (Lipinski definition) is 1. The quantitative estimate of drug-likeness (QED) is 0.507. The molecule has 0 unspecified atom stereocenters. The number of benzene rings is 2. The molecule has 0 aliphatic carbocycles. The number of amides is 1. The Kier molecular flexibility index (Phi) is 7.37. The molecule has 0 bridgehead atoms. The smallest absolute Gasteiger partial charge is 0.240 e. The van der Waals surface area contributed by atoms with Crippen molar-refractivity contribution in [2.45, 2.75) is 32.6 Å². The van der Waals surface area contributed by atoms with Crippen molar-refractivity contribution in [2.24, 2.45) is 0 Å². The Bertz CT molecular complexity index is 1070. The lowest BCUT2D eigenvalue weighted by Gasteiger charge is -2.35. The lowest BCUT2D eigenvalue weighted by Crippen LogP contribution is -2.48. The van der Waals surface area contributed by atoms with Crippen molar-refractivity contribution in [3.8, 4) is 0 Å². The van der Waals surface area contributed by atoms with Gasteiger partial charge < -0.3 is 10.2 Å². The zero-order chi connectivity index (χ0) is 23.4. The van der Waals surface area contributed by atoms with E-state index in [4.69, 9.17) is 16.6 Å². The van der Waals surface area contributed by atoms with Crippen LogP contribution in [0, 0.1) is 0 Å². The van der Waals surface area contributed by atoms with Gasteiger partial charge in [0.1, 0.15) is 0 Å². The van der Waals surface area contributed by atoms with Crippen LogP contribution < -0.4 is 10.2 Å². The summed E-state index contributed by atoms with van der Waals surface area (Å²) in [6.45, 7) is 10.5. The van der Waals surface area contributed by atoms with E-state index in [1.807, 2.05) is 30.3 Å². The van der Waals surface area contributed by atoms with Gasteiger partial charge in [-0.05, 0) is 29.8 Å². The summed E-state index contributed by atoms with van der Waals surface area (Å²) in [4.78, 5) is 23.4. The molecule has 0 saturated carbocycles. The second kappa shape index (κ2) is 10.2. The average molecular weight is 483 g/mol. The van der Waals surface area contributed by atoms with Crippen molar-refractivity contribution in [3.05, 3.63) is 75.8 Å². The first kappa shape index (κ1) is 23.7. The maximum absolute atomic E-state index is 12.8. The first-order valence-electron chi connectivity index (χ1n) is 11.3. The summed E-state index contributed by atoms with van der Waals surface area (Å²) in [6, 6.07) is 18.4. The number of carbonyl (C=O) groups is 1. The molecule has 3 aromatic rings. The number of nitrogens with zero attached hydrogens (tertiary/aromatic N) is 3. The molecular formula is C26H31ClN4OS. The fourth-order valence-corrected chi connectivity index (χ4v) is 5.41. The molecule has 1 aliphatic rings. The number of nitrogens with one attached hydrogen (secondary N) is 1. The standard InChI is InChI=1S/C26H31ClN4OS/c1-26(2,3)24-22(17-19-9-11-20(27)12-10-19)33-25(29-24)28-23(32)18-30-13-15-31(16-14-30)21-7-5-4-6-8-21/h4-12H,13-18H2,1-3H3,(H,28,29,32). The Morgan fingerprint density at radius 2 is 1.70 bits per heavy atom. The highest BCUT2D eigenvalue weighted by Gasteiger charge is 2.25. The first-order chi connectivity index (χ1) is 15.8. The SMILES string of the molecule is CC(C)(C)c1nc(NC(=O)CN2CCN(c3ccccc3)CC2)sc1Cc1ccc(Cl)cc1. The lowest BCUT2D eigenvalue weighted by molar-refractivity contribution is -0.117. The number of thiazole rings is 1. The van der Waals surface area contributed by atoms with E-state index >= 15 is 0 Å². The number of aromatic nitrogens is 1. The van der Waals surface area contributed by atoms with Gasteiger partial charge in [-0.25, -0.2) is 4.98 Å². The average Bonchev–Trinajstić information content (AvgIpc) is 3.19. The summed E-state index contributed by atoms with van der Waals surface area (Å²) in [5, 5.41) is 4.46. The number of anilines is 2. The van der Waals surface area contributed by atoms with E-state index in [-0.39, 0.29) is 11.3 Å². The second-order valence-electron chi connectivity index (χ2n) is 9.49. The molecule has 7 heteroatoms. The van der Waals surface area contributed by atoms with Gasteiger partial charge in [-0.15, -0.1) is 11.3 Å². The molecule has 0 atom stereocenters. The van der Waals surface area contributed by atoms with Gasteiger partial charge in [-0.1, -0.05) is 62.7 Å². The Labute approximate surface area is 205 Å². The van der Waals surface area contributed by atoms with E-state index in [2.05, 4.69) is 60.2 Å². The third kappa shape index (κ3) is 6.34. The molecule has 0 spiro atoms. The van der Waals surface area contributed by atoms with Gasteiger partial charge in [0.15, 0.2) is 5.13 Å². The van der Waals surface area contributed by atoms with Crippen molar-refractivity contribution >= 4 is 39.7 Å². The Morgan fingerprint density at radius 1 is 1.03 bits per heavy atom. The van der Waals surface area contributed by atoms with Crippen LogP contribution >= 0.6 is 22.9 Å². The Hall–Kier alpha value is -2.41. The Morgan fingerprint density at radius 3 is 2.33 bits per heavy atom. The summed E-state index contributed by atoms with van der Waals surface area (Å²) in [6.07, 6.45) is 0.777. The topological polar surface area (TPSA) is 48.5 Å². The third-order valence-electron chi connectivity index (χ3n) is 5.79. The number of carbonyl (C=O) groups excluding carboxylic acids is 1. The molecule has 2 heterocycles. The minimum Gasteiger partial charge on any atom is -0.369 e. The predicted octanol–water partition coefficient (Wildman–Crippen LogP) is 5.45. The van der Waals surface area contributed by atoms with Crippen LogP contribution in [-0.4, -0.2) is 48.5 Å². The molecule has 1 saturated heterocycles. The highest BCUT2D eigenvalue weighted by molar-refractivity contribution is 7.15. The number of halogens is 1. The van der Waals surface area contributed by atoms with E-state index in [9.17, 15) is 4.79 Å². The molecule has 0 radical (unpaired) electrons. The minimum absolute atomic E-state index is 0.00425. The zero-order valence-electron chi connectivity index (χ0n) is 19.5. The largest absolute Gasteiger partial charge is 0.369 e. The number of para-hydroxylation sites is 1. The van der Waals surface area contributed by atoms with Gasteiger partial charge in [0.05, 0.1) is 12.2 Å². The highest BCUT2D eigenvalue weighted by Crippen LogP contribution is 2.34. The summed E-state index contributed by atoms with van der Waals surface area (Å²) in [7, 11) is 0. The second-order valence-corrected chi connectivity index (χ2v) is 11.0. The van der Waals surface area contributed by atoms with E-state index in [1.165, 1.54) is 16.1 Å². The third-order valence-corrected chi connectivity index (χ3v) is 7.02. The summed E-state index contributed by atoms with van der Waals surface area (Å²) < 4.78 is 0. The number of rotatable bonds is 6. The van der Waals surface area contributed by atoms with E-state index < -0.39 is 0 Å². The van der Waals surface area contributed by atoms with Crippen molar-refractivity contribution < 1.29 is 4.79 Å². The lowest BCUT2D eigenvalue weighted by atomic mass is 9.90. The molecule has 1 aliphatic heterocycles. The van der Waals surface area contributed by atoms with Crippen molar-refractivity contribution in [1.82, 2.24) is 9.88 Å². The van der Waals surface area contributed by atoms with Crippen LogP contribution in [-0.2, 0) is 16.6 Å². The van der Waals surface area contributed by atoms with Gasteiger partial charge in [0.25, 0.3) is 0 Å². The van der Waals surface area contributed by atoms with Crippen LogP contribution in [0.2, 0.25) is 5.02 Å². The molecule has 33 heavy (non-hydrogen) atoms. The van der Waals surface area contributed by atoms with Crippen LogP contribution in [0.25, 0.3) is 0 Å². The number of hydrogen-bond acceptors (Lipinski definition) is 5. The van der Waals surface area contributed by atoms with Crippen molar-refractivity contribution in [2.75, 3.05) is 42.9 Å². The molecule has 1 N–H and O–H groups in total. The summed E-state index contributed by atoms with van der Waals surface area (Å²) in [5.74, 6) is -0.00425. The molecule has 1 fully saturated rings. The van der Waals surface area contributed by atoms with Crippen LogP contribution in [0.1, 0.15) is 36.9 Å². The molecule has 174 valence electrons. The molecule has 5 nitrogen and oxygen atoms in total. The van der Waals surface area contributed by atoms with Crippen LogP contribution in [0.3, 0.4) is 0 Å². The maximum Gasteiger partial charge on any atom is 0.240 e. The van der Waals surface area contributed by atoms with Gasteiger partial charge in [-0.2, -0.15) is 0 Å². The van der Waals surface area contributed by atoms with Gasteiger partial charge in [-0.3, -0.25) is 9.69 Å². The maximum atomic E-state index is 12.8. The van der Waals surface area contributed by atoms with Crippen LogP contribution in [0.4, 0.5) is 10.8 Å². The van der Waals surface area contributed by atoms with Crippen LogP contribution in [0.15, 0.2) is 54.6 Å². The van der Waals surface area contributed by atoms with Crippen LogP contribution in [0.5, 0.6) is 0 Å². The zero-order valence-corrected chi connectivity index (χ0v) is 21.0. The van der Waals surface area contributed by atoms with Crippen molar-refractivity contribution in [1.29, 1.82) is 0 Å². The highest BCUT2D eigenvalue weighted by atomic mass is 35.5. The fraction of sp³-hybridized carbons (Fsp3) is 0.385. The minimum atomic E-state index is -0.102. The summed E-state index contributed by atoms with van der Waals surface area (Å²) >= 11 is 7.61. The van der Waals surface area contributed by atoms with E-state index in [0.29, 0.717) is 11.7 Å². The van der Waals surface area contributed by atoms with E-state index in [1.54, 1.807) is 11.3 Å². The van der Waals surface area contributed by atoms with Gasteiger partial charge in [0, 0.05) is 53.6 Å².